The quantitative estimate of drug-likeness (QED) is 0.890. The van der Waals surface area contributed by atoms with Gasteiger partial charge in [0.05, 0.1) is 12.1 Å². The van der Waals surface area contributed by atoms with E-state index in [1.54, 1.807) is 18.5 Å². The maximum atomic E-state index is 8.84. The van der Waals surface area contributed by atoms with Crippen LogP contribution in [0, 0.1) is 11.3 Å². The van der Waals surface area contributed by atoms with Crippen LogP contribution in [0.4, 0.5) is 0 Å². The first-order valence-corrected chi connectivity index (χ1v) is 6.03. The molecule has 0 bridgehead atoms. The number of pyridine rings is 1. The van der Waals surface area contributed by atoms with E-state index in [1.807, 2.05) is 12.1 Å². The minimum atomic E-state index is 0.543. The van der Waals surface area contributed by atoms with E-state index in [1.165, 1.54) is 12.8 Å². The number of furan rings is 1. The summed E-state index contributed by atoms with van der Waals surface area (Å²) in [6.45, 7) is 0.760. The number of nitriles is 1. The highest BCUT2D eigenvalue weighted by Crippen LogP contribution is 2.23. The Balaban J connectivity index is 1.76. The van der Waals surface area contributed by atoms with Crippen molar-refractivity contribution in [1.82, 2.24) is 10.3 Å². The second-order valence-electron chi connectivity index (χ2n) is 4.50. The molecule has 2 aromatic rings. The van der Waals surface area contributed by atoms with Gasteiger partial charge in [-0.1, -0.05) is 0 Å². The van der Waals surface area contributed by atoms with Crippen molar-refractivity contribution in [3.63, 3.8) is 0 Å². The van der Waals surface area contributed by atoms with E-state index in [4.69, 9.17) is 9.68 Å². The van der Waals surface area contributed by atoms with Crippen LogP contribution in [0.2, 0.25) is 0 Å². The van der Waals surface area contributed by atoms with E-state index in [-0.39, 0.29) is 0 Å². The van der Waals surface area contributed by atoms with E-state index < -0.39 is 0 Å². The van der Waals surface area contributed by atoms with E-state index in [9.17, 15) is 0 Å². The van der Waals surface area contributed by atoms with Gasteiger partial charge in [0, 0.05) is 24.0 Å². The minimum absolute atomic E-state index is 0.543. The van der Waals surface area contributed by atoms with Crippen molar-refractivity contribution >= 4 is 0 Å². The van der Waals surface area contributed by atoms with E-state index in [0.717, 1.165) is 23.6 Å². The van der Waals surface area contributed by atoms with Crippen molar-refractivity contribution in [3.05, 3.63) is 41.9 Å². The Hall–Kier alpha value is -2.12. The first-order valence-electron chi connectivity index (χ1n) is 6.03. The molecule has 0 saturated heterocycles. The van der Waals surface area contributed by atoms with Crippen molar-refractivity contribution in [2.75, 3.05) is 0 Å². The van der Waals surface area contributed by atoms with Crippen LogP contribution < -0.4 is 5.32 Å². The average Bonchev–Trinajstić information content (AvgIpc) is 3.13. The molecule has 1 aliphatic rings. The molecule has 2 aromatic heterocycles. The average molecular weight is 239 g/mol. The summed E-state index contributed by atoms with van der Waals surface area (Å²) in [6, 6.07) is 8.41. The summed E-state index contributed by atoms with van der Waals surface area (Å²) in [5.74, 6) is 1.67. The molecular weight excluding hydrogens is 226 g/mol. The maximum Gasteiger partial charge on any atom is 0.135 e. The second kappa shape index (κ2) is 4.63. The molecule has 4 nitrogen and oxygen atoms in total. The molecule has 0 radical (unpaired) electrons. The van der Waals surface area contributed by atoms with Gasteiger partial charge in [0.25, 0.3) is 0 Å². The van der Waals surface area contributed by atoms with Crippen LogP contribution >= 0.6 is 0 Å². The van der Waals surface area contributed by atoms with E-state index in [2.05, 4.69) is 16.4 Å². The molecule has 1 N–H and O–H groups in total. The van der Waals surface area contributed by atoms with Gasteiger partial charge in [0.1, 0.15) is 17.6 Å². The standard InChI is InChI=1S/C14H13N3O/c15-6-10-5-11(8-16-7-10)14-4-3-13(18-14)9-17-12-1-2-12/h3-5,7-8,12,17H,1-2,9H2. The Labute approximate surface area is 105 Å². The number of nitrogens with zero attached hydrogens (tertiary/aromatic N) is 2. The van der Waals surface area contributed by atoms with Crippen molar-refractivity contribution < 1.29 is 4.42 Å². The first-order chi connectivity index (χ1) is 8.85. The van der Waals surface area contributed by atoms with Crippen LogP contribution in [-0.2, 0) is 6.54 Å². The smallest absolute Gasteiger partial charge is 0.135 e. The largest absolute Gasteiger partial charge is 0.460 e. The zero-order chi connectivity index (χ0) is 12.4. The third-order valence-corrected chi connectivity index (χ3v) is 2.96. The van der Waals surface area contributed by atoms with E-state index >= 15 is 0 Å². The zero-order valence-corrected chi connectivity index (χ0v) is 9.89. The van der Waals surface area contributed by atoms with Crippen molar-refractivity contribution in [2.45, 2.75) is 25.4 Å². The van der Waals surface area contributed by atoms with Crippen LogP contribution in [0.5, 0.6) is 0 Å². The highest BCUT2D eigenvalue weighted by atomic mass is 16.3. The lowest BCUT2D eigenvalue weighted by atomic mass is 10.2. The Morgan fingerprint density at radius 1 is 1.39 bits per heavy atom. The molecule has 0 aromatic carbocycles. The predicted molar refractivity (Wildman–Crippen MR) is 66.5 cm³/mol. The highest BCUT2D eigenvalue weighted by Gasteiger charge is 2.20. The third kappa shape index (κ3) is 2.41. The second-order valence-corrected chi connectivity index (χ2v) is 4.50. The van der Waals surface area contributed by atoms with E-state index in [0.29, 0.717) is 11.6 Å². The molecule has 0 unspecified atom stereocenters. The van der Waals surface area contributed by atoms with Gasteiger partial charge in [0.15, 0.2) is 0 Å². The van der Waals surface area contributed by atoms with Gasteiger partial charge < -0.3 is 9.73 Å². The topological polar surface area (TPSA) is 61.9 Å². The molecule has 0 amide bonds. The third-order valence-electron chi connectivity index (χ3n) is 2.96. The summed E-state index contributed by atoms with van der Waals surface area (Å²) in [5, 5.41) is 12.2. The van der Waals surface area contributed by atoms with Crippen molar-refractivity contribution in [3.8, 4) is 17.4 Å². The normalized spacial score (nSPS) is 14.4. The number of rotatable bonds is 4. The van der Waals surface area contributed by atoms with Gasteiger partial charge >= 0.3 is 0 Å². The molecule has 0 spiro atoms. The lowest BCUT2D eigenvalue weighted by molar-refractivity contribution is 0.492. The molecule has 3 rings (SSSR count). The fraction of sp³-hybridized carbons (Fsp3) is 0.286. The van der Waals surface area contributed by atoms with Gasteiger partial charge in [-0.3, -0.25) is 4.98 Å². The molecule has 90 valence electrons. The summed E-state index contributed by atoms with van der Waals surface area (Å²) in [6.07, 6.45) is 5.78. The number of hydrogen-bond donors (Lipinski definition) is 1. The Bertz CT molecular complexity index is 593. The van der Waals surface area contributed by atoms with Crippen LogP contribution in [0.3, 0.4) is 0 Å². The lowest BCUT2D eigenvalue weighted by Crippen LogP contribution is -2.14. The summed E-state index contributed by atoms with van der Waals surface area (Å²) < 4.78 is 5.74. The monoisotopic (exact) mass is 239 g/mol. The van der Waals surface area contributed by atoms with Gasteiger partial charge in [-0.05, 0) is 31.0 Å². The molecule has 0 aliphatic heterocycles. The number of aromatic nitrogens is 1. The SMILES string of the molecule is N#Cc1cncc(-c2ccc(CNC3CC3)o2)c1. The van der Waals surface area contributed by atoms with Crippen LogP contribution in [0.1, 0.15) is 24.2 Å². The van der Waals surface area contributed by atoms with Gasteiger partial charge in [0.2, 0.25) is 0 Å². The molecule has 1 aliphatic carbocycles. The highest BCUT2D eigenvalue weighted by molar-refractivity contribution is 5.58. The van der Waals surface area contributed by atoms with Crippen molar-refractivity contribution in [1.29, 1.82) is 5.26 Å². The maximum absolute atomic E-state index is 8.84. The molecule has 1 saturated carbocycles. The Morgan fingerprint density at radius 2 is 2.28 bits per heavy atom. The number of hydrogen-bond acceptors (Lipinski definition) is 4. The van der Waals surface area contributed by atoms with Crippen LogP contribution in [0.25, 0.3) is 11.3 Å². The first kappa shape index (κ1) is 11.0. The molecule has 18 heavy (non-hydrogen) atoms. The van der Waals surface area contributed by atoms with Gasteiger partial charge in [-0.2, -0.15) is 5.26 Å². The number of nitrogens with one attached hydrogen (secondary N) is 1. The molecule has 1 fully saturated rings. The Morgan fingerprint density at radius 3 is 3.06 bits per heavy atom. The van der Waals surface area contributed by atoms with Crippen LogP contribution in [0.15, 0.2) is 35.0 Å². The minimum Gasteiger partial charge on any atom is -0.460 e. The predicted octanol–water partition coefficient (Wildman–Crippen LogP) is 2.47. The Kier molecular flexibility index (Phi) is 2.83. The molecule has 4 heteroatoms. The lowest BCUT2D eigenvalue weighted by Gasteiger charge is -1.99. The van der Waals surface area contributed by atoms with Gasteiger partial charge in [-0.25, -0.2) is 0 Å². The molecule has 0 atom stereocenters. The fourth-order valence-corrected chi connectivity index (χ4v) is 1.80. The van der Waals surface area contributed by atoms with Gasteiger partial charge in [-0.15, -0.1) is 0 Å². The summed E-state index contributed by atoms with van der Waals surface area (Å²) >= 11 is 0. The molecule has 2 heterocycles. The summed E-state index contributed by atoms with van der Waals surface area (Å²) in [4.78, 5) is 4.03. The van der Waals surface area contributed by atoms with Crippen LogP contribution in [-0.4, -0.2) is 11.0 Å². The van der Waals surface area contributed by atoms with Crippen molar-refractivity contribution in [2.24, 2.45) is 0 Å². The zero-order valence-electron chi connectivity index (χ0n) is 9.89. The fourth-order valence-electron chi connectivity index (χ4n) is 1.80. The summed E-state index contributed by atoms with van der Waals surface area (Å²) in [5.41, 5.74) is 1.38. The molecular formula is C14H13N3O. The summed E-state index contributed by atoms with van der Waals surface area (Å²) in [7, 11) is 0.